The fraction of sp³-hybridized carbons (Fsp3) is 0.125. The van der Waals surface area contributed by atoms with E-state index in [0.717, 1.165) is 16.9 Å². The Hall–Kier alpha value is -2.69. The maximum Gasteiger partial charge on any atom is 0.244 e. The Morgan fingerprint density at radius 3 is 2.48 bits per heavy atom. The molecule has 0 aliphatic carbocycles. The normalized spacial score (nSPS) is 10.6. The summed E-state index contributed by atoms with van der Waals surface area (Å²) < 4.78 is 17.8. The number of halogens is 1. The number of carbonyl (C=O) groups is 1. The molecule has 0 saturated carbocycles. The number of rotatable bonds is 5. The van der Waals surface area contributed by atoms with Gasteiger partial charge < -0.3 is 4.74 Å². The largest absolute Gasteiger partial charge is 0.497 e. The third-order valence-electron chi connectivity index (χ3n) is 2.80. The molecule has 0 bridgehead atoms. The van der Waals surface area contributed by atoms with E-state index in [9.17, 15) is 9.18 Å². The Morgan fingerprint density at radius 1 is 1.19 bits per heavy atom. The average molecular weight is 286 g/mol. The Kier molecular flexibility index (Phi) is 5.04. The molecule has 0 atom stereocenters. The molecule has 0 unspecified atom stereocenters. The highest BCUT2D eigenvalue weighted by molar-refractivity contribution is 5.83. The molecular formula is C16H15FN2O2. The van der Waals surface area contributed by atoms with Crippen LogP contribution in [0, 0.1) is 5.82 Å². The van der Waals surface area contributed by atoms with Gasteiger partial charge in [0.15, 0.2) is 0 Å². The molecule has 21 heavy (non-hydrogen) atoms. The first-order valence-electron chi connectivity index (χ1n) is 6.38. The van der Waals surface area contributed by atoms with E-state index >= 15 is 0 Å². The van der Waals surface area contributed by atoms with Crippen LogP contribution in [-0.4, -0.2) is 19.2 Å². The molecule has 0 aromatic heterocycles. The number of benzene rings is 2. The molecule has 4 nitrogen and oxygen atoms in total. The highest BCUT2D eigenvalue weighted by Gasteiger charge is 2.02. The van der Waals surface area contributed by atoms with Crippen LogP contribution in [0.25, 0.3) is 0 Å². The van der Waals surface area contributed by atoms with Crippen molar-refractivity contribution >= 4 is 12.1 Å². The summed E-state index contributed by atoms with van der Waals surface area (Å²) in [5.41, 5.74) is 4.00. The van der Waals surface area contributed by atoms with E-state index in [4.69, 9.17) is 4.74 Å². The van der Waals surface area contributed by atoms with Gasteiger partial charge in [-0.25, -0.2) is 9.82 Å². The van der Waals surface area contributed by atoms with Gasteiger partial charge in [-0.15, -0.1) is 0 Å². The molecule has 0 aliphatic heterocycles. The number of nitrogens with zero attached hydrogens (tertiary/aromatic N) is 1. The number of nitrogens with one attached hydrogen (secondary N) is 1. The Morgan fingerprint density at radius 2 is 1.86 bits per heavy atom. The quantitative estimate of drug-likeness (QED) is 0.678. The van der Waals surface area contributed by atoms with Crippen LogP contribution >= 0.6 is 0 Å². The molecular weight excluding hydrogens is 271 g/mol. The van der Waals surface area contributed by atoms with Crippen molar-refractivity contribution in [3.05, 3.63) is 65.5 Å². The number of ether oxygens (including phenoxy) is 1. The average Bonchev–Trinajstić information content (AvgIpc) is 2.50. The molecule has 0 aliphatic rings. The summed E-state index contributed by atoms with van der Waals surface area (Å²) in [5, 5.41) is 3.87. The van der Waals surface area contributed by atoms with E-state index in [1.165, 1.54) is 12.1 Å². The summed E-state index contributed by atoms with van der Waals surface area (Å²) in [7, 11) is 1.60. The fourth-order valence-corrected chi connectivity index (χ4v) is 1.70. The molecule has 0 heterocycles. The fourth-order valence-electron chi connectivity index (χ4n) is 1.70. The van der Waals surface area contributed by atoms with E-state index < -0.39 is 0 Å². The summed E-state index contributed by atoms with van der Waals surface area (Å²) in [6.45, 7) is 0. The first-order valence-corrected chi connectivity index (χ1v) is 6.38. The molecule has 5 heteroatoms. The van der Waals surface area contributed by atoms with E-state index in [-0.39, 0.29) is 18.1 Å². The van der Waals surface area contributed by atoms with Gasteiger partial charge in [-0.1, -0.05) is 12.1 Å². The Balaban J connectivity index is 1.85. The second kappa shape index (κ2) is 7.19. The van der Waals surface area contributed by atoms with E-state index in [1.54, 1.807) is 25.5 Å². The molecule has 1 N–H and O–H groups in total. The molecule has 1 amide bonds. The predicted molar refractivity (Wildman–Crippen MR) is 78.8 cm³/mol. The highest BCUT2D eigenvalue weighted by Crippen LogP contribution is 2.09. The van der Waals surface area contributed by atoms with Crippen molar-refractivity contribution in [2.75, 3.05) is 7.11 Å². The zero-order valence-corrected chi connectivity index (χ0v) is 11.5. The molecule has 0 saturated heterocycles. The summed E-state index contributed by atoms with van der Waals surface area (Å²) in [5.74, 6) is 0.176. The number of hydrogen-bond donors (Lipinski definition) is 1. The van der Waals surface area contributed by atoms with Gasteiger partial charge in [0.05, 0.1) is 19.7 Å². The van der Waals surface area contributed by atoms with Gasteiger partial charge in [-0.05, 0) is 47.5 Å². The minimum Gasteiger partial charge on any atom is -0.497 e. The first-order chi connectivity index (χ1) is 10.2. The lowest BCUT2D eigenvalue weighted by Crippen LogP contribution is -2.19. The third kappa shape index (κ3) is 4.72. The Bertz CT molecular complexity index is 622. The van der Waals surface area contributed by atoms with Crippen molar-refractivity contribution in [3.8, 4) is 5.75 Å². The minimum absolute atomic E-state index is 0.153. The summed E-state index contributed by atoms with van der Waals surface area (Å²) in [6, 6.07) is 13.1. The lowest BCUT2D eigenvalue weighted by atomic mass is 10.1. The number of hydrazone groups is 1. The van der Waals surface area contributed by atoms with Crippen LogP contribution < -0.4 is 10.2 Å². The lowest BCUT2D eigenvalue weighted by molar-refractivity contribution is -0.120. The van der Waals surface area contributed by atoms with Crippen LogP contribution in [-0.2, 0) is 11.2 Å². The van der Waals surface area contributed by atoms with Gasteiger partial charge in [-0.2, -0.15) is 5.10 Å². The number of hydrogen-bond acceptors (Lipinski definition) is 3. The maximum atomic E-state index is 12.7. The van der Waals surface area contributed by atoms with Crippen LogP contribution in [0.4, 0.5) is 4.39 Å². The molecule has 2 aromatic carbocycles. The second-order valence-electron chi connectivity index (χ2n) is 4.37. The van der Waals surface area contributed by atoms with Crippen molar-refractivity contribution in [1.29, 1.82) is 0 Å². The summed E-state index contributed by atoms with van der Waals surface area (Å²) in [6.07, 6.45) is 1.70. The SMILES string of the molecule is COc1ccc(/C=N/NC(=O)Cc2ccc(F)cc2)cc1. The molecule has 0 spiro atoms. The standard InChI is InChI=1S/C16H15FN2O2/c1-21-15-8-4-13(5-9-15)11-18-19-16(20)10-12-2-6-14(17)7-3-12/h2-9,11H,10H2,1H3,(H,19,20)/b18-11+. The van der Waals surface area contributed by atoms with Crippen molar-refractivity contribution in [2.45, 2.75) is 6.42 Å². The zero-order valence-electron chi connectivity index (χ0n) is 11.5. The minimum atomic E-state index is -0.323. The topological polar surface area (TPSA) is 50.7 Å². The second-order valence-corrected chi connectivity index (χ2v) is 4.37. The predicted octanol–water partition coefficient (Wildman–Crippen LogP) is 2.53. The van der Waals surface area contributed by atoms with Crippen LogP contribution in [0.2, 0.25) is 0 Å². The molecule has 0 fully saturated rings. The third-order valence-corrected chi connectivity index (χ3v) is 2.80. The van der Waals surface area contributed by atoms with Gasteiger partial charge in [0.2, 0.25) is 5.91 Å². The monoisotopic (exact) mass is 286 g/mol. The van der Waals surface area contributed by atoms with Crippen molar-refractivity contribution < 1.29 is 13.9 Å². The van der Waals surface area contributed by atoms with Crippen molar-refractivity contribution in [3.63, 3.8) is 0 Å². The lowest BCUT2D eigenvalue weighted by Gasteiger charge is -2.01. The summed E-state index contributed by atoms with van der Waals surface area (Å²) >= 11 is 0. The Labute approximate surface area is 122 Å². The van der Waals surface area contributed by atoms with E-state index in [0.29, 0.717) is 0 Å². The van der Waals surface area contributed by atoms with Crippen molar-refractivity contribution in [2.24, 2.45) is 5.10 Å². The van der Waals surface area contributed by atoms with Gasteiger partial charge in [0.1, 0.15) is 11.6 Å². The van der Waals surface area contributed by atoms with Gasteiger partial charge in [-0.3, -0.25) is 4.79 Å². The maximum absolute atomic E-state index is 12.7. The zero-order chi connectivity index (χ0) is 15.1. The van der Waals surface area contributed by atoms with Crippen LogP contribution in [0.3, 0.4) is 0 Å². The van der Waals surface area contributed by atoms with Crippen LogP contribution in [0.15, 0.2) is 53.6 Å². The van der Waals surface area contributed by atoms with Gasteiger partial charge in [0, 0.05) is 0 Å². The molecule has 0 radical (unpaired) electrons. The van der Waals surface area contributed by atoms with Crippen LogP contribution in [0.5, 0.6) is 5.75 Å². The molecule has 2 aromatic rings. The first kappa shape index (κ1) is 14.7. The van der Waals surface area contributed by atoms with E-state index in [1.807, 2.05) is 24.3 Å². The number of carbonyl (C=O) groups excluding carboxylic acids is 1. The molecule has 108 valence electrons. The van der Waals surface area contributed by atoms with Crippen molar-refractivity contribution in [1.82, 2.24) is 5.43 Å². The molecule has 2 rings (SSSR count). The smallest absolute Gasteiger partial charge is 0.244 e. The summed E-state index contributed by atoms with van der Waals surface area (Å²) in [4.78, 5) is 11.6. The van der Waals surface area contributed by atoms with Crippen LogP contribution in [0.1, 0.15) is 11.1 Å². The van der Waals surface area contributed by atoms with Gasteiger partial charge in [0.25, 0.3) is 0 Å². The highest BCUT2D eigenvalue weighted by atomic mass is 19.1. The van der Waals surface area contributed by atoms with E-state index in [2.05, 4.69) is 10.5 Å². The number of methoxy groups -OCH3 is 1. The van der Waals surface area contributed by atoms with Gasteiger partial charge >= 0.3 is 0 Å². The number of amides is 1.